The molecule has 0 fully saturated rings. The molecule has 0 unspecified atom stereocenters. The normalized spacial score (nSPS) is 10.9. The third-order valence-corrected chi connectivity index (χ3v) is 2.99. The van der Waals surface area contributed by atoms with Crippen molar-refractivity contribution < 1.29 is 14.3 Å². The number of carboxylic acid groups (broad SMARTS) is 1. The summed E-state index contributed by atoms with van der Waals surface area (Å²) in [4.78, 5) is 14.8. The van der Waals surface area contributed by atoms with Gasteiger partial charge in [-0.05, 0) is 12.1 Å². The van der Waals surface area contributed by atoms with Gasteiger partial charge in [0.15, 0.2) is 11.3 Å². The van der Waals surface area contributed by atoms with E-state index in [0.717, 1.165) is 0 Å². The first-order valence-electron chi connectivity index (χ1n) is 5.60. The molecular weight excluding hydrogens is 285 g/mol. The van der Waals surface area contributed by atoms with Crippen LogP contribution in [0.25, 0.3) is 16.9 Å². The lowest BCUT2D eigenvalue weighted by molar-refractivity contribution is 0.0690. The van der Waals surface area contributed by atoms with E-state index in [1.54, 1.807) is 18.2 Å². The molecule has 7 heteroatoms. The maximum absolute atomic E-state index is 13.2. The van der Waals surface area contributed by atoms with Crippen molar-refractivity contribution in [1.82, 2.24) is 14.6 Å². The number of benzene rings is 1. The van der Waals surface area contributed by atoms with E-state index in [1.807, 2.05) is 0 Å². The number of carboxylic acids is 1. The number of hydrogen-bond acceptors (Lipinski definition) is 3. The summed E-state index contributed by atoms with van der Waals surface area (Å²) in [5.74, 6) is -1.56. The van der Waals surface area contributed by atoms with Crippen molar-refractivity contribution in [3.8, 4) is 11.3 Å². The fourth-order valence-corrected chi connectivity index (χ4v) is 2.06. The molecule has 0 bridgehead atoms. The zero-order valence-electron chi connectivity index (χ0n) is 9.92. The van der Waals surface area contributed by atoms with E-state index in [-0.39, 0.29) is 22.3 Å². The second-order valence-electron chi connectivity index (χ2n) is 4.08. The second kappa shape index (κ2) is 4.57. The maximum Gasteiger partial charge on any atom is 0.354 e. The summed E-state index contributed by atoms with van der Waals surface area (Å²) in [6.45, 7) is 0. The first-order chi connectivity index (χ1) is 9.54. The minimum absolute atomic E-state index is 0.120. The SMILES string of the molecule is O=C(O)c1cc(Cl)n2nc(-c3cccc(F)c3)cc2n1. The van der Waals surface area contributed by atoms with Gasteiger partial charge in [-0.25, -0.2) is 18.7 Å². The Morgan fingerprint density at radius 3 is 2.80 bits per heavy atom. The van der Waals surface area contributed by atoms with E-state index in [2.05, 4.69) is 10.1 Å². The van der Waals surface area contributed by atoms with Crippen molar-refractivity contribution in [3.05, 3.63) is 53.1 Å². The van der Waals surface area contributed by atoms with Gasteiger partial charge < -0.3 is 5.11 Å². The van der Waals surface area contributed by atoms with Crippen molar-refractivity contribution >= 4 is 23.2 Å². The number of rotatable bonds is 2. The summed E-state index contributed by atoms with van der Waals surface area (Å²) in [6.07, 6.45) is 0. The third kappa shape index (κ3) is 2.10. The highest BCUT2D eigenvalue weighted by molar-refractivity contribution is 6.30. The zero-order valence-corrected chi connectivity index (χ0v) is 10.7. The molecule has 5 nitrogen and oxygen atoms in total. The number of halogens is 2. The molecule has 0 aliphatic heterocycles. The molecule has 0 saturated heterocycles. The Hall–Kier alpha value is -2.47. The Morgan fingerprint density at radius 1 is 1.30 bits per heavy atom. The summed E-state index contributed by atoms with van der Waals surface area (Å²) in [5, 5.41) is 13.2. The lowest BCUT2D eigenvalue weighted by atomic mass is 10.1. The lowest BCUT2D eigenvalue weighted by Gasteiger charge is -1.98. The second-order valence-corrected chi connectivity index (χ2v) is 4.47. The molecule has 0 spiro atoms. The molecule has 3 rings (SSSR count). The molecule has 0 atom stereocenters. The van der Waals surface area contributed by atoms with E-state index < -0.39 is 5.97 Å². The molecule has 3 aromatic rings. The van der Waals surface area contributed by atoms with Crippen molar-refractivity contribution in [2.75, 3.05) is 0 Å². The Morgan fingerprint density at radius 2 is 2.10 bits per heavy atom. The van der Waals surface area contributed by atoms with Gasteiger partial charge in [0.2, 0.25) is 0 Å². The van der Waals surface area contributed by atoms with Crippen molar-refractivity contribution in [1.29, 1.82) is 0 Å². The van der Waals surface area contributed by atoms with Crippen LogP contribution in [0.15, 0.2) is 36.4 Å². The minimum atomic E-state index is -1.18. The van der Waals surface area contributed by atoms with Crippen LogP contribution >= 0.6 is 11.6 Å². The van der Waals surface area contributed by atoms with E-state index in [9.17, 15) is 9.18 Å². The van der Waals surface area contributed by atoms with Gasteiger partial charge in [-0.1, -0.05) is 23.7 Å². The standard InChI is InChI=1S/C13H7ClFN3O2/c14-11-5-10(13(19)20)16-12-6-9(17-18(11)12)7-2-1-3-8(15)4-7/h1-6H,(H,19,20). The minimum Gasteiger partial charge on any atom is -0.477 e. The van der Waals surface area contributed by atoms with E-state index in [4.69, 9.17) is 16.7 Å². The molecule has 0 amide bonds. The van der Waals surface area contributed by atoms with E-state index in [0.29, 0.717) is 11.3 Å². The molecule has 2 aromatic heterocycles. The van der Waals surface area contributed by atoms with Gasteiger partial charge in [-0.2, -0.15) is 5.10 Å². The van der Waals surface area contributed by atoms with Crippen molar-refractivity contribution in [3.63, 3.8) is 0 Å². The molecule has 20 heavy (non-hydrogen) atoms. The van der Waals surface area contributed by atoms with Crippen LogP contribution in [-0.2, 0) is 0 Å². The highest BCUT2D eigenvalue weighted by atomic mass is 35.5. The summed E-state index contributed by atoms with van der Waals surface area (Å²) >= 11 is 5.96. The van der Waals surface area contributed by atoms with Crippen LogP contribution < -0.4 is 0 Å². The fourth-order valence-electron chi connectivity index (χ4n) is 1.84. The largest absolute Gasteiger partial charge is 0.477 e. The molecule has 100 valence electrons. The molecule has 0 radical (unpaired) electrons. The van der Waals surface area contributed by atoms with Gasteiger partial charge in [-0.15, -0.1) is 0 Å². The number of carbonyl (C=O) groups is 1. The van der Waals surface area contributed by atoms with Crippen LogP contribution in [0.5, 0.6) is 0 Å². The topological polar surface area (TPSA) is 67.5 Å². The Labute approximate surface area is 117 Å². The molecular formula is C13H7ClFN3O2. The van der Waals surface area contributed by atoms with Gasteiger partial charge >= 0.3 is 5.97 Å². The monoisotopic (exact) mass is 291 g/mol. The maximum atomic E-state index is 13.2. The quantitative estimate of drug-likeness (QED) is 0.737. The summed E-state index contributed by atoms with van der Waals surface area (Å²) in [6, 6.07) is 8.66. The van der Waals surface area contributed by atoms with E-state index >= 15 is 0 Å². The number of aromatic nitrogens is 3. The van der Waals surface area contributed by atoms with E-state index in [1.165, 1.54) is 22.7 Å². The zero-order chi connectivity index (χ0) is 14.3. The van der Waals surface area contributed by atoms with Crippen LogP contribution in [0.3, 0.4) is 0 Å². The van der Waals surface area contributed by atoms with Gasteiger partial charge in [0.1, 0.15) is 11.0 Å². The molecule has 2 heterocycles. The fraction of sp³-hybridized carbons (Fsp3) is 0. The Balaban J connectivity index is 2.20. The smallest absolute Gasteiger partial charge is 0.354 e. The van der Waals surface area contributed by atoms with Crippen molar-refractivity contribution in [2.24, 2.45) is 0 Å². The van der Waals surface area contributed by atoms with Gasteiger partial charge in [0.05, 0.1) is 5.69 Å². The van der Waals surface area contributed by atoms with Crippen LogP contribution in [-0.4, -0.2) is 25.7 Å². The molecule has 0 aliphatic rings. The van der Waals surface area contributed by atoms with Gasteiger partial charge in [-0.3, -0.25) is 0 Å². The highest BCUT2D eigenvalue weighted by Gasteiger charge is 2.13. The first kappa shape index (κ1) is 12.6. The molecule has 1 aromatic carbocycles. The summed E-state index contributed by atoms with van der Waals surface area (Å²) in [7, 11) is 0. The molecule has 1 N–H and O–H groups in total. The van der Waals surface area contributed by atoms with Crippen molar-refractivity contribution in [2.45, 2.75) is 0 Å². The summed E-state index contributed by atoms with van der Waals surface area (Å²) < 4.78 is 14.5. The van der Waals surface area contributed by atoms with Crippen LogP contribution in [0.4, 0.5) is 4.39 Å². The number of aromatic carboxylic acids is 1. The van der Waals surface area contributed by atoms with Gasteiger partial charge in [0.25, 0.3) is 0 Å². The van der Waals surface area contributed by atoms with Crippen LogP contribution in [0, 0.1) is 5.82 Å². The average molecular weight is 292 g/mol. The lowest BCUT2D eigenvalue weighted by Crippen LogP contribution is -2.03. The first-order valence-corrected chi connectivity index (χ1v) is 5.98. The predicted molar refractivity (Wildman–Crippen MR) is 70.4 cm³/mol. The number of nitrogens with zero attached hydrogens (tertiary/aromatic N) is 3. The van der Waals surface area contributed by atoms with Gasteiger partial charge in [0, 0.05) is 17.7 Å². The molecule has 0 aliphatic carbocycles. The summed E-state index contributed by atoms with van der Waals surface area (Å²) in [5.41, 5.74) is 1.13. The predicted octanol–water partition coefficient (Wildman–Crippen LogP) is 2.89. The van der Waals surface area contributed by atoms with Crippen LogP contribution in [0.2, 0.25) is 5.15 Å². The highest BCUT2D eigenvalue weighted by Crippen LogP contribution is 2.22. The molecule has 0 saturated carbocycles. The number of hydrogen-bond donors (Lipinski definition) is 1. The third-order valence-electron chi connectivity index (χ3n) is 2.72. The number of fused-ring (bicyclic) bond motifs is 1. The Bertz CT molecular complexity index is 832. The average Bonchev–Trinajstić information content (AvgIpc) is 2.83. The van der Waals surface area contributed by atoms with Crippen LogP contribution in [0.1, 0.15) is 10.5 Å². The Kier molecular flexibility index (Phi) is 2.87.